The van der Waals surface area contributed by atoms with Crippen LogP contribution in [-0.2, 0) is 29.7 Å². The van der Waals surface area contributed by atoms with Gasteiger partial charge in [0.15, 0.2) is 6.17 Å². The van der Waals surface area contributed by atoms with Crippen LogP contribution in [-0.4, -0.2) is 38.8 Å². The maximum Gasteiger partial charge on any atom is 0.245 e. The Morgan fingerprint density at radius 1 is 0.891 bits per heavy atom. The van der Waals surface area contributed by atoms with Crippen LogP contribution >= 0.6 is 27.7 Å². The lowest BCUT2D eigenvalue weighted by molar-refractivity contribution is 0.199. The number of hydrogen-bond acceptors (Lipinski definition) is 8. The van der Waals surface area contributed by atoms with Crippen LogP contribution < -0.4 is 10.2 Å². The zero-order valence-electron chi connectivity index (χ0n) is 26.6. The van der Waals surface area contributed by atoms with Gasteiger partial charge in [0.25, 0.3) is 0 Å². The molecule has 0 fully saturated rings. The van der Waals surface area contributed by atoms with E-state index in [-0.39, 0.29) is 18.0 Å². The number of thioether (sulfide) groups is 1. The van der Waals surface area contributed by atoms with Crippen molar-refractivity contribution < 1.29 is 13.2 Å². The Morgan fingerprint density at radius 3 is 2.07 bits per heavy atom. The van der Waals surface area contributed by atoms with E-state index in [1.807, 2.05) is 97.1 Å². The largest absolute Gasteiger partial charge is 0.497 e. The minimum atomic E-state index is -4.05. The van der Waals surface area contributed by atoms with Gasteiger partial charge >= 0.3 is 0 Å². The zero-order valence-corrected chi connectivity index (χ0v) is 30.8. The fourth-order valence-corrected chi connectivity index (χ4v) is 11.4. The van der Waals surface area contributed by atoms with Crippen molar-refractivity contribution in [2.75, 3.05) is 12.9 Å². The molecule has 0 saturated carbocycles. The lowest BCUT2D eigenvalue weighted by atomic mass is 10.2. The molecule has 12 heteroatoms. The number of halogens is 1. The summed E-state index contributed by atoms with van der Waals surface area (Å²) in [4.78, 5) is 0.977. The van der Waals surface area contributed by atoms with Gasteiger partial charge in [-0.25, -0.2) is 13.5 Å². The van der Waals surface area contributed by atoms with E-state index in [2.05, 4.69) is 51.3 Å². The molecule has 0 saturated heterocycles. The highest BCUT2D eigenvalue weighted by Gasteiger charge is 2.36. The van der Waals surface area contributed by atoms with E-state index in [1.165, 1.54) is 0 Å². The van der Waals surface area contributed by atoms with Crippen LogP contribution in [0.3, 0.4) is 0 Å². The number of benzene rings is 4. The van der Waals surface area contributed by atoms with Crippen molar-refractivity contribution in [3.8, 4) is 5.75 Å². The van der Waals surface area contributed by atoms with E-state index < -0.39 is 24.3 Å². The van der Waals surface area contributed by atoms with Gasteiger partial charge in [-0.05, 0) is 52.8 Å². The van der Waals surface area contributed by atoms with Crippen LogP contribution in [0.4, 0.5) is 0 Å². The summed E-state index contributed by atoms with van der Waals surface area (Å²) in [6.07, 6.45) is -0.703. The van der Waals surface area contributed by atoms with Gasteiger partial charge in [-0.2, -0.15) is 9.73 Å². The van der Waals surface area contributed by atoms with E-state index in [4.69, 9.17) is 4.74 Å². The third kappa shape index (κ3) is 8.87. The number of nitrogens with one attached hydrogen (secondary N) is 1. The van der Waals surface area contributed by atoms with Gasteiger partial charge in [0, 0.05) is 36.1 Å². The third-order valence-corrected chi connectivity index (χ3v) is 13.4. The second-order valence-corrected chi connectivity index (χ2v) is 21.8. The average Bonchev–Trinajstić information content (AvgIpc) is 3.50. The van der Waals surface area contributed by atoms with Crippen molar-refractivity contribution in [1.29, 1.82) is 0 Å². The van der Waals surface area contributed by atoms with Gasteiger partial charge in [-0.15, -0.1) is 16.9 Å². The number of rotatable bonds is 14. The second-order valence-electron chi connectivity index (χ2n) is 12.3. The third-order valence-electron chi connectivity index (χ3n) is 7.53. The molecule has 1 aliphatic heterocycles. The first-order valence-corrected chi connectivity index (χ1v) is 22.1. The molecule has 0 spiro atoms. The summed E-state index contributed by atoms with van der Waals surface area (Å²) in [5, 5.41) is 10.6. The van der Waals surface area contributed by atoms with Crippen molar-refractivity contribution in [1.82, 2.24) is 14.8 Å². The number of sulfonamides is 1. The number of ether oxygens (including phenoxy) is 1. The van der Waals surface area contributed by atoms with Crippen LogP contribution in [0.2, 0.25) is 25.7 Å². The SMILES string of the molecule is COc1ccc(CN2N=NC(c3c(Br)ccc(SCC[Si](C)(C)C)c3S(=O)(=O)N(Cc3ccccc3)Cc3ccccc3)N2)cc1. The lowest BCUT2D eigenvalue weighted by Crippen LogP contribution is -2.34. The molecule has 1 unspecified atom stereocenters. The van der Waals surface area contributed by atoms with Crippen LogP contribution in [0.1, 0.15) is 28.4 Å². The summed E-state index contributed by atoms with van der Waals surface area (Å²) in [7, 11) is -3.76. The highest BCUT2D eigenvalue weighted by molar-refractivity contribution is 9.10. The highest BCUT2D eigenvalue weighted by Crippen LogP contribution is 2.42. The Labute approximate surface area is 286 Å². The van der Waals surface area contributed by atoms with Crippen molar-refractivity contribution >= 4 is 45.8 Å². The number of nitrogens with zero attached hydrogens (tertiary/aromatic N) is 4. The normalized spacial score (nSPS) is 15.1. The van der Waals surface area contributed by atoms with Gasteiger partial charge in [-0.1, -0.05) is 114 Å². The molecule has 1 N–H and O–H groups in total. The number of methoxy groups -OCH3 is 1. The molecule has 5 rings (SSSR count). The second kappa shape index (κ2) is 15.3. The van der Waals surface area contributed by atoms with E-state index in [1.54, 1.807) is 28.3 Å². The van der Waals surface area contributed by atoms with Crippen LogP contribution in [0.15, 0.2) is 122 Å². The Morgan fingerprint density at radius 2 is 1.50 bits per heavy atom. The smallest absolute Gasteiger partial charge is 0.245 e. The van der Waals surface area contributed by atoms with Crippen molar-refractivity contribution in [3.63, 3.8) is 0 Å². The minimum absolute atomic E-state index is 0.228. The first-order chi connectivity index (χ1) is 22.0. The van der Waals surface area contributed by atoms with Crippen LogP contribution in [0.5, 0.6) is 5.75 Å². The lowest BCUT2D eigenvalue weighted by Gasteiger charge is -2.27. The standard InChI is InChI=1S/C34H40BrN5O3S2Si/c1-43-29-17-15-28(16-18-29)25-40-37-34(36-38-40)32-30(35)19-20-31(44-21-22-46(2,3)4)33(32)45(41,42)39(23-26-11-7-5-8-12-26)24-27-13-9-6-10-14-27/h5-20,34,37H,21-25H2,1-4H3. The fourth-order valence-electron chi connectivity index (χ4n) is 5.00. The average molecular weight is 739 g/mol. The molecule has 0 aromatic heterocycles. The van der Waals surface area contributed by atoms with Crippen molar-refractivity contribution in [3.05, 3.63) is 124 Å². The molecule has 8 nitrogen and oxygen atoms in total. The topological polar surface area (TPSA) is 86.6 Å². The maximum absolute atomic E-state index is 15.1. The number of hydrogen-bond donors (Lipinski definition) is 1. The Hall–Kier alpha value is -3.00. The van der Waals surface area contributed by atoms with Crippen molar-refractivity contribution in [2.24, 2.45) is 10.3 Å². The molecule has 0 aliphatic carbocycles. The van der Waals surface area contributed by atoms with E-state index in [0.717, 1.165) is 34.2 Å². The Kier molecular flexibility index (Phi) is 11.4. The van der Waals surface area contributed by atoms with Gasteiger partial charge in [0.1, 0.15) is 10.6 Å². The highest BCUT2D eigenvalue weighted by atomic mass is 79.9. The molecule has 1 heterocycles. The molecular formula is C34H40BrN5O3S2Si. The molecular weight excluding hydrogens is 699 g/mol. The minimum Gasteiger partial charge on any atom is -0.497 e. The maximum atomic E-state index is 15.1. The fraction of sp³-hybridized carbons (Fsp3) is 0.294. The van der Waals surface area contributed by atoms with Gasteiger partial charge in [-0.3, -0.25) is 0 Å². The van der Waals surface area contributed by atoms with E-state index >= 15 is 8.42 Å². The number of hydrazine groups is 1. The summed E-state index contributed by atoms with van der Waals surface area (Å²) in [5.41, 5.74) is 6.72. The molecule has 46 heavy (non-hydrogen) atoms. The monoisotopic (exact) mass is 737 g/mol. The molecule has 4 aromatic carbocycles. The van der Waals surface area contributed by atoms with Gasteiger partial charge < -0.3 is 4.74 Å². The van der Waals surface area contributed by atoms with E-state index in [9.17, 15) is 0 Å². The van der Waals surface area contributed by atoms with Crippen LogP contribution in [0.25, 0.3) is 0 Å². The van der Waals surface area contributed by atoms with Crippen molar-refractivity contribution in [2.45, 2.75) is 61.3 Å². The quantitative estimate of drug-likeness (QED) is 0.103. The molecule has 242 valence electrons. The molecule has 4 aromatic rings. The van der Waals surface area contributed by atoms with E-state index in [0.29, 0.717) is 21.5 Å². The Bertz CT molecular complexity index is 1700. The first kappa shape index (κ1) is 34.3. The van der Waals surface area contributed by atoms with Gasteiger partial charge in [0.2, 0.25) is 10.0 Å². The molecule has 0 radical (unpaired) electrons. The summed E-state index contributed by atoms with van der Waals surface area (Å²) >= 11 is 5.31. The summed E-state index contributed by atoms with van der Waals surface area (Å²) in [6.45, 7) is 7.90. The summed E-state index contributed by atoms with van der Waals surface area (Å²) in [5.74, 6) is 1.61. The summed E-state index contributed by atoms with van der Waals surface area (Å²) < 4.78 is 37.6. The van der Waals surface area contributed by atoms with Crippen LogP contribution in [0, 0.1) is 0 Å². The zero-order chi connectivity index (χ0) is 32.7. The first-order valence-electron chi connectivity index (χ1n) is 15.1. The molecule has 1 atom stereocenters. The summed E-state index contributed by atoms with van der Waals surface area (Å²) in [6, 6.07) is 32.1. The molecule has 1 aliphatic rings. The molecule has 0 amide bonds. The predicted molar refractivity (Wildman–Crippen MR) is 192 cm³/mol. The molecule has 0 bridgehead atoms. The predicted octanol–water partition coefficient (Wildman–Crippen LogP) is 8.67. The Balaban J connectivity index is 1.54. The van der Waals surface area contributed by atoms with Gasteiger partial charge in [0.05, 0.1) is 13.7 Å².